The molecule has 0 radical (unpaired) electrons. The second-order valence-electron chi connectivity index (χ2n) is 9.31. The Balaban J connectivity index is 1.36. The van der Waals surface area contributed by atoms with Crippen LogP contribution in [0.5, 0.6) is 5.75 Å². The molecule has 1 heterocycles. The molecule has 6 heteroatoms. The Bertz CT molecular complexity index is 953. The van der Waals surface area contributed by atoms with E-state index in [0.717, 1.165) is 24.9 Å². The number of halogens is 1. The van der Waals surface area contributed by atoms with E-state index in [2.05, 4.69) is 4.90 Å². The molecule has 170 valence electrons. The van der Waals surface area contributed by atoms with Gasteiger partial charge in [0.2, 0.25) is 0 Å². The van der Waals surface area contributed by atoms with Gasteiger partial charge in [0.25, 0.3) is 0 Å². The van der Waals surface area contributed by atoms with Gasteiger partial charge in [-0.05, 0) is 85.5 Å². The fourth-order valence-corrected chi connectivity index (χ4v) is 4.72. The minimum atomic E-state index is -0.948. The van der Waals surface area contributed by atoms with E-state index in [0.29, 0.717) is 30.7 Å². The lowest BCUT2D eigenvalue weighted by molar-refractivity contribution is -0.127. The molecule has 0 aromatic heterocycles. The first-order valence-corrected chi connectivity index (χ1v) is 11.3. The Morgan fingerprint density at radius 3 is 2.44 bits per heavy atom. The van der Waals surface area contributed by atoms with Crippen LogP contribution in [0.2, 0.25) is 0 Å². The summed E-state index contributed by atoms with van der Waals surface area (Å²) < 4.78 is 18.8. The van der Waals surface area contributed by atoms with Crippen molar-refractivity contribution in [2.45, 2.75) is 51.0 Å². The number of benzene rings is 2. The summed E-state index contributed by atoms with van der Waals surface area (Å²) in [5.41, 5.74) is 1.58. The highest BCUT2D eigenvalue weighted by Crippen LogP contribution is 2.55. The molecule has 2 aliphatic rings. The van der Waals surface area contributed by atoms with Crippen molar-refractivity contribution in [1.29, 1.82) is 0 Å². The molecular formula is C26H30FNO4. The fraction of sp³-hybridized carbons (Fsp3) is 0.462. The molecule has 5 nitrogen and oxygen atoms in total. The predicted octanol–water partition coefficient (Wildman–Crippen LogP) is 4.91. The lowest BCUT2D eigenvalue weighted by Gasteiger charge is -2.39. The summed E-state index contributed by atoms with van der Waals surface area (Å²) in [4.78, 5) is 26.7. The van der Waals surface area contributed by atoms with Gasteiger partial charge in [0.05, 0.1) is 11.6 Å². The number of Topliss-reactive ketones (excluding diaryl/α,β-unsaturated/α-hetero) is 1. The first kappa shape index (κ1) is 22.5. The van der Waals surface area contributed by atoms with E-state index in [9.17, 15) is 14.0 Å². The van der Waals surface area contributed by atoms with Crippen molar-refractivity contribution in [3.8, 4) is 5.75 Å². The number of nitrogens with zero attached hydrogens (tertiary/aromatic N) is 1. The molecule has 2 aromatic rings. The molecule has 1 spiro atoms. The standard InChI is InChI=1S/C26H30FNO4/c1-18(19-2-4-20(5-3-19)25(30)31)16-24(29)23-17-26(10-11-26)12-13-28(23)14-15-32-22-8-6-21(27)7-9-22/h2-9,18,23H,10-17H2,1H3,(H,30,31)/t18-,23-/m1/s1. The lowest BCUT2D eigenvalue weighted by Crippen LogP contribution is -2.49. The third-order valence-electron chi connectivity index (χ3n) is 7.02. The number of carbonyl (C=O) groups excluding carboxylic acids is 1. The van der Waals surface area contributed by atoms with E-state index < -0.39 is 5.97 Å². The van der Waals surface area contributed by atoms with Crippen LogP contribution in [0.15, 0.2) is 48.5 Å². The van der Waals surface area contributed by atoms with Crippen LogP contribution in [0.4, 0.5) is 4.39 Å². The maximum Gasteiger partial charge on any atom is 0.335 e. The summed E-state index contributed by atoms with van der Waals surface area (Å²) >= 11 is 0. The van der Waals surface area contributed by atoms with Gasteiger partial charge in [-0.1, -0.05) is 19.1 Å². The number of ketones is 1. The smallest absolute Gasteiger partial charge is 0.335 e. The summed E-state index contributed by atoms with van der Waals surface area (Å²) in [5.74, 6) is -0.341. The van der Waals surface area contributed by atoms with E-state index in [1.165, 1.54) is 25.0 Å². The van der Waals surface area contributed by atoms with Gasteiger partial charge in [-0.15, -0.1) is 0 Å². The lowest BCUT2D eigenvalue weighted by atomic mass is 9.83. The maximum atomic E-state index is 13.3. The molecule has 2 aromatic carbocycles. The topological polar surface area (TPSA) is 66.8 Å². The number of hydrogen-bond donors (Lipinski definition) is 1. The molecule has 0 bridgehead atoms. The summed E-state index contributed by atoms with van der Waals surface area (Å²) in [5, 5.41) is 9.08. The van der Waals surface area contributed by atoms with Crippen molar-refractivity contribution in [3.05, 3.63) is 65.5 Å². The van der Waals surface area contributed by atoms with Gasteiger partial charge in [0, 0.05) is 13.0 Å². The van der Waals surface area contributed by atoms with E-state index in [4.69, 9.17) is 9.84 Å². The van der Waals surface area contributed by atoms with Crippen molar-refractivity contribution < 1.29 is 23.8 Å². The Morgan fingerprint density at radius 2 is 1.81 bits per heavy atom. The number of carboxylic acids is 1. The molecule has 1 saturated carbocycles. The Kier molecular flexibility index (Phi) is 6.60. The minimum absolute atomic E-state index is 0.0275. The zero-order chi connectivity index (χ0) is 22.7. The Morgan fingerprint density at radius 1 is 1.12 bits per heavy atom. The third-order valence-corrected chi connectivity index (χ3v) is 7.02. The number of carbonyl (C=O) groups is 2. The van der Waals surface area contributed by atoms with E-state index in [-0.39, 0.29) is 29.1 Å². The van der Waals surface area contributed by atoms with Crippen LogP contribution < -0.4 is 4.74 Å². The van der Waals surface area contributed by atoms with Gasteiger partial charge >= 0.3 is 5.97 Å². The monoisotopic (exact) mass is 439 g/mol. The Labute approximate surface area is 188 Å². The second-order valence-corrected chi connectivity index (χ2v) is 9.31. The number of hydrogen-bond acceptors (Lipinski definition) is 4. The minimum Gasteiger partial charge on any atom is -0.492 e. The third kappa shape index (κ3) is 5.36. The number of piperidine rings is 1. The highest BCUT2D eigenvalue weighted by Gasteiger charge is 2.49. The molecule has 4 rings (SSSR count). The van der Waals surface area contributed by atoms with Crippen LogP contribution in [0, 0.1) is 11.2 Å². The first-order valence-electron chi connectivity index (χ1n) is 11.3. The van der Waals surface area contributed by atoms with Crippen molar-refractivity contribution >= 4 is 11.8 Å². The molecule has 1 aliphatic heterocycles. The van der Waals surface area contributed by atoms with Crippen LogP contribution in [0.1, 0.15) is 60.9 Å². The maximum absolute atomic E-state index is 13.3. The highest BCUT2D eigenvalue weighted by atomic mass is 19.1. The van der Waals surface area contributed by atoms with Crippen molar-refractivity contribution in [2.24, 2.45) is 5.41 Å². The zero-order valence-electron chi connectivity index (χ0n) is 18.4. The first-order chi connectivity index (χ1) is 15.3. The SMILES string of the molecule is C[C@H](CC(=O)[C@H]1CC2(CCN1CCOc1ccc(F)cc1)CC2)c1ccc(C(=O)O)cc1. The molecule has 2 fully saturated rings. The molecule has 0 amide bonds. The second kappa shape index (κ2) is 9.41. The molecular weight excluding hydrogens is 409 g/mol. The summed E-state index contributed by atoms with van der Waals surface area (Å²) in [6, 6.07) is 12.7. The van der Waals surface area contributed by atoms with Crippen LogP contribution in [0.25, 0.3) is 0 Å². The summed E-state index contributed by atoms with van der Waals surface area (Å²) in [6.45, 7) is 4.02. The summed E-state index contributed by atoms with van der Waals surface area (Å²) in [7, 11) is 0. The number of carboxylic acid groups (broad SMARTS) is 1. The molecule has 1 aliphatic carbocycles. The molecule has 1 saturated heterocycles. The quantitative estimate of drug-likeness (QED) is 0.601. The Hall–Kier alpha value is -2.73. The fourth-order valence-electron chi connectivity index (χ4n) is 4.72. The number of rotatable bonds is 9. The largest absolute Gasteiger partial charge is 0.492 e. The normalized spacial score (nSPS) is 20.6. The summed E-state index contributed by atoms with van der Waals surface area (Å²) in [6.07, 6.45) is 4.89. The average molecular weight is 440 g/mol. The molecule has 1 N–H and O–H groups in total. The number of ether oxygens (including phenoxy) is 1. The molecule has 2 atom stereocenters. The number of likely N-dealkylation sites (tertiary alicyclic amines) is 1. The van der Waals surface area contributed by atoms with E-state index >= 15 is 0 Å². The van der Waals surface area contributed by atoms with Crippen LogP contribution in [-0.2, 0) is 4.79 Å². The van der Waals surface area contributed by atoms with Gasteiger partial charge in [0.15, 0.2) is 5.78 Å². The van der Waals surface area contributed by atoms with Crippen molar-refractivity contribution in [3.63, 3.8) is 0 Å². The van der Waals surface area contributed by atoms with E-state index in [1.807, 2.05) is 6.92 Å². The van der Waals surface area contributed by atoms with Gasteiger partial charge < -0.3 is 9.84 Å². The molecule has 32 heavy (non-hydrogen) atoms. The average Bonchev–Trinajstić information content (AvgIpc) is 3.54. The van der Waals surface area contributed by atoms with E-state index in [1.54, 1.807) is 36.4 Å². The van der Waals surface area contributed by atoms with Crippen molar-refractivity contribution in [1.82, 2.24) is 4.90 Å². The highest BCUT2D eigenvalue weighted by molar-refractivity contribution is 5.87. The molecule has 0 unspecified atom stereocenters. The van der Waals surface area contributed by atoms with Gasteiger partial charge in [-0.25, -0.2) is 9.18 Å². The van der Waals surface area contributed by atoms with Gasteiger partial charge in [-0.2, -0.15) is 0 Å². The van der Waals surface area contributed by atoms with Gasteiger partial charge in [-0.3, -0.25) is 9.69 Å². The zero-order valence-corrected chi connectivity index (χ0v) is 18.4. The number of aromatic carboxylic acids is 1. The van der Waals surface area contributed by atoms with Crippen LogP contribution >= 0.6 is 0 Å². The van der Waals surface area contributed by atoms with Crippen molar-refractivity contribution in [2.75, 3.05) is 19.7 Å². The van der Waals surface area contributed by atoms with Crippen LogP contribution in [-0.4, -0.2) is 47.5 Å². The predicted molar refractivity (Wildman–Crippen MR) is 120 cm³/mol. The van der Waals surface area contributed by atoms with Crippen LogP contribution in [0.3, 0.4) is 0 Å². The van der Waals surface area contributed by atoms with Gasteiger partial charge in [0.1, 0.15) is 18.2 Å².